The molecule has 106 valence electrons. The summed E-state index contributed by atoms with van der Waals surface area (Å²) in [5.74, 6) is 0. The lowest BCUT2D eigenvalue weighted by Gasteiger charge is -2.31. The molecule has 1 saturated carbocycles. The maximum absolute atomic E-state index is 5.83. The van der Waals surface area contributed by atoms with Gasteiger partial charge in [0.1, 0.15) is 0 Å². The summed E-state index contributed by atoms with van der Waals surface area (Å²) < 4.78 is 0. The molecule has 1 aliphatic rings. The first kappa shape index (κ1) is 14.5. The molecule has 0 radical (unpaired) electrons. The second-order valence-corrected chi connectivity index (χ2v) is 5.83. The first-order valence-electron chi connectivity index (χ1n) is 7.80. The lowest BCUT2D eigenvalue weighted by molar-refractivity contribution is 0.175. The van der Waals surface area contributed by atoms with Crippen LogP contribution in [0.5, 0.6) is 0 Å². The minimum atomic E-state index is 0.741. The van der Waals surface area contributed by atoms with E-state index in [-0.39, 0.29) is 0 Å². The van der Waals surface area contributed by atoms with E-state index in [4.69, 9.17) is 5.73 Å². The van der Waals surface area contributed by atoms with Crippen molar-refractivity contribution in [2.24, 2.45) is 5.73 Å². The van der Waals surface area contributed by atoms with Crippen molar-refractivity contribution in [3.63, 3.8) is 0 Å². The van der Waals surface area contributed by atoms with Crippen LogP contribution in [0.25, 0.3) is 0 Å². The highest BCUT2D eigenvalue weighted by molar-refractivity contribution is 5.25. The molecular weight excluding hydrogens is 232 g/mol. The predicted octanol–water partition coefficient (Wildman–Crippen LogP) is 3.48. The van der Waals surface area contributed by atoms with Crippen LogP contribution in [-0.4, -0.2) is 24.0 Å². The van der Waals surface area contributed by atoms with Crippen LogP contribution < -0.4 is 5.73 Å². The molecule has 2 N–H and O–H groups in total. The smallest absolute Gasteiger partial charge is 0.0239 e. The Morgan fingerprint density at radius 1 is 1.11 bits per heavy atom. The second-order valence-electron chi connectivity index (χ2n) is 5.83. The summed E-state index contributed by atoms with van der Waals surface area (Å²) in [5, 5.41) is 0. The number of hydrogen-bond donors (Lipinski definition) is 1. The Morgan fingerprint density at radius 2 is 1.79 bits per heavy atom. The van der Waals surface area contributed by atoms with E-state index < -0.39 is 0 Å². The van der Waals surface area contributed by atoms with Gasteiger partial charge in [-0.1, -0.05) is 49.9 Å². The van der Waals surface area contributed by atoms with Crippen LogP contribution in [0.3, 0.4) is 0 Å². The Bertz CT molecular complexity index is 367. The summed E-state index contributed by atoms with van der Waals surface area (Å²) in [7, 11) is 0. The van der Waals surface area contributed by atoms with Gasteiger partial charge >= 0.3 is 0 Å². The maximum atomic E-state index is 5.83. The largest absolute Gasteiger partial charge is 0.329 e. The van der Waals surface area contributed by atoms with Crippen LogP contribution in [0.1, 0.15) is 49.7 Å². The van der Waals surface area contributed by atoms with E-state index in [1.165, 1.54) is 49.7 Å². The van der Waals surface area contributed by atoms with Gasteiger partial charge in [-0.3, -0.25) is 4.90 Å². The van der Waals surface area contributed by atoms with Crippen molar-refractivity contribution in [3.8, 4) is 0 Å². The Hall–Kier alpha value is -0.860. The highest BCUT2D eigenvalue weighted by atomic mass is 15.2. The zero-order chi connectivity index (χ0) is 13.5. The van der Waals surface area contributed by atoms with Crippen LogP contribution in [0.15, 0.2) is 24.3 Å². The zero-order valence-electron chi connectivity index (χ0n) is 12.3. The third-order valence-corrected chi connectivity index (χ3v) is 4.39. The summed E-state index contributed by atoms with van der Waals surface area (Å²) in [6.07, 6.45) is 8.31. The van der Waals surface area contributed by atoms with Crippen molar-refractivity contribution in [3.05, 3.63) is 35.4 Å². The topological polar surface area (TPSA) is 29.3 Å². The molecular formula is C17H28N2. The average Bonchev–Trinajstić information content (AvgIpc) is 2.69. The molecule has 2 nitrogen and oxygen atoms in total. The van der Waals surface area contributed by atoms with Gasteiger partial charge in [-0.05, 0) is 30.9 Å². The number of hydrogen-bond acceptors (Lipinski definition) is 2. The molecule has 0 saturated heterocycles. The van der Waals surface area contributed by atoms with Gasteiger partial charge in [-0.15, -0.1) is 0 Å². The van der Waals surface area contributed by atoms with Gasteiger partial charge < -0.3 is 5.73 Å². The summed E-state index contributed by atoms with van der Waals surface area (Å²) in [5.41, 5.74) is 8.68. The number of nitrogens with zero attached hydrogens (tertiary/aromatic N) is 1. The van der Waals surface area contributed by atoms with Gasteiger partial charge in [0.15, 0.2) is 0 Å². The van der Waals surface area contributed by atoms with E-state index in [2.05, 4.69) is 36.1 Å². The van der Waals surface area contributed by atoms with Crippen molar-refractivity contribution in [1.29, 1.82) is 0 Å². The minimum Gasteiger partial charge on any atom is -0.329 e. The predicted molar refractivity (Wildman–Crippen MR) is 82.1 cm³/mol. The molecule has 2 heteroatoms. The molecule has 0 bridgehead atoms. The highest BCUT2D eigenvalue weighted by Gasteiger charge is 2.20. The fraction of sp³-hybridized carbons (Fsp3) is 0.647. The molecule has 0 unspecified atom stereocenters. The fourth-order valence-corrected chi connectivity index (χ4v) is 3.19. The van der Waals surface area contributed by atoms with Crippen LogP contribution in [0, 0.1) is 6.92 Å². The molecule has 1 aromatic rings. The van der Waals surface area contributed by atoms with Crippen molar-refractivity contribution in [2.75, 3.05) is 13.1 Å². The van der Waals surface area contributed by atoms with E-state index in [1.54, 1.807) is 0 Å². The molecule has 0 aliphatic heterocycles. The zero-order valence-corrected chi connectivity index (χ0v) is 12.3. The average molecular weight is 260 g/mol. The minimum absolute atomic E-state index is 0.741. The van der Waals surface area contributed by atoms with Gasteiger partial charge in [-0.2, -0.15) is 0 Å². The van der Waals surface area contributed by atoms with Crippen LogP contribution in [-0.2, 0) is 6.54 Å². The Kier molecular flexibility index (Phi) is 5.87. The molecule has 1 aliphatic carbocycles. The quantitative estimate of drug-likeness (QED) is 0.821. The Morgan fingerprint density at radius 3 is 2.42 bits per heavy atom. The van der Waals surface area contributed by atoms with E-state index in [9.17, 15) is 0 Å². The van der Waals surface area contributed by atoms with Gasteiger partial charge in [-0.25, -0.2) is 0 Å². The van der Waals surface area contributed by atoms with E-state index in [0.717, 1.165) is 25.7 Å². The van der Waals surface area contributed by atoms with Crippen molar-refractivity contribution >= 4 is 0 Å². The molecule has 1 fully saturated rings. The third-order valence-electron chi connectivity index (χ3n) is 4.39. The number of benzene rings is 1. The lowest BCUT2D eigenvalue weighted by Crippen LogP contribution is -2.38. The first-order chi connectivity index (χ1) is 9.31. The van der Waals surface area contributed by atoms with Crippen molar-refractivity contribution < 1.29 is 0 Å². The number of rotatable bonds is 5. The van der Waals surface area contributed by atoms with Crippen molar-refractivity contribution in [2.45, 2.75) is 58.0 Å². The summed E-state index contributed by atoms with van der Waals surface area (Å²) in [6.45, 7) is 5.07. The van der Waals surface area contributed by atoms with Crippen LogP contribution in [0.2, 0.25) is 0 Å². The second kappa shape index (κ2) is 7.66. The molecule has 1 aromatic carbocycles. The molecule has 0 aromatic heterocycles. The molecule has 2 rings (SSSR count). The van der Waals surface area contributed by atoms with Gasteiger partial charge in [0.05, 0.1) is 0 Å². The summed E-state index contributed by atoms with van der Waals surface area (Å²) >= 11 is 0. The van der Waals surface area contributed by atoms with Gasteiger partial charge in [0.2, 0.25) is 0 Å². The van der Waals surface area contributed by atoms with Crippen LogP contribution >= 0.6 is 0 Å². The SMILES string of the molecule is Cc1ccccc1CN(CCN)C1CCCCCC1. The third kappa shape index (κ3) is 4.32. The molecule has 0 amide bonds. The highest BCUT2D eigenvalue weighted by Crippen LogP contribution is 2.23. The van der Waals surface area contributed by atoms with Gasteiger partial charge in [0.25, 0.3) is 0 Å². The monoisotopic (exact) mass is 260 g/mol. The molecule has 0 heterocycles. The number of nitrogens with two attached hydrogens (primary N) is 1. The Balaban J connectivity index is 2.04. The first-order valence-corrected chi connectivity index (χ1v) is 7.80. The van der Waals surface area contributed by atoms with E-state index in [1.807, 2.05) is 0 Å². The Labute approximate surface area is 118 Å². The molecule has 0 spiro atoms. The van der Waals surface area contributed by atoms with Crippen molar-refractivity contribution in [1.82, 2.24) is 4.90 Å². The summed E-state index contributed by atoms with van der Waals surface area (Å²) in [4.78, 5) is 2.62. The van der Waals surface area contributed by atoms with E-state index in [0.29, 0.717) is 0 Å². The van der Waals surface area contributed by atoms with E-state index >= 15 is 0 Å². The fourth-order valence-electron chi connectivity index (χ4n) is 3.19. The lowest BCUT2D eigenvalue weighted by atomic mass is 10.0. The normalized spacial score (nSPS) is 17.6. The number of aryl methyl sites for hydroxylation is 1. The maximum Gasteiger partial charge on any atom is 0.0239 e. The molecule has 0 atom stereocenters. The molecule has 19 heavy (non-hydrogen) atoms. The van der Waals surface area contributed by atoms with Gasteiger partial charge in [0, 0.05) is 25.7 Å². The summed E-state index contributed by atoms with van der Waals surface area (Å²) in [6, 6.07) is 9.48. The van der Waals surface area contributed by atoms with Crippen LogP contribution in [0.4, 0.5) is 0 Å². The standard InChI is InChI=1S/C17H28N2/c1-15-8-6-7-9-16(15)14-19(13-12-18)17-10-4-2-3-5-11-17/h6-9,17H,2-5,10-14,18H2,1H3.